The first-order valence-corrected chi connectivity index (χ1v) is 8.20. The molecule has 1 unspecified atom stereocenters. The maximum absolute atomic E-state index is 11.9. The third-order valence-corrected chi connectivity index (χ3v) is 4.40. The van der Waals surface area contributed by atoms with Crippen LogP contribution in [0.3, 0.4) is 0 Å². The number of halogens is 1. The second-order valence-corrected chi connectivity index (χ2v) is 6.53. The molecule has 1 aromatic rings. The Morgan fingerprint density at radius 3 is 2.59 bits per heavy atom. The predicted molar refractivity (Wildman–Crippen MR) is 69.8 cm³/mol. The Morgan fingerprint density at radius 2 is 2.06 bits per heavy atom. The fourth-order valence-corrected chi connectivity index (χ4v) is 2.98. The maximum atomic E-state index is 11.9. The van der Waals surface area contributed by atoms with Gasteiger partial charge in [0.05, 0.1) is 12.4 Å². The van der Waals surface area contributed by atoms with E-state index in [9.17, 15) is 8.42 Å². The van der Waals surface area contributed by atoms with Crippen LogP contribution >= 0.6 is 23.4 Å². The van der Waals surface area contributed by atoms with Gasteiger partial charge in [-0.15, -0.1) is 0 Å². The van der Waals surface area contributed by atoms with Gasteiger partial charge in [0.2, 0.25) is 15.3 Å². The number of sulfonamides is 1. The molecule has 0 saturated heterocycles. The molecule has 0 amide bonds. The summed E-state index contributed by atoms with van der Waals surface area (Å²) in [5.74, 6) is 0.904. The summed E-state index contributed by atoms with van der Waals surface area (Å²) < 4.78 is 26.3. The van der Waals surface area contributed by atoms with Crippen molar-refractivity contribution in [1.82, 2.24) is 14.7 Å². The molecule has 1 heterocycles. The zero-order chi connectivity index (χ0) is 12.9. The molecule has 0 saturated carbocycles. The molecule has 0 aliphatic heterocycles. The zero-order valence-electron chi connectivity index (χ0n) is 9.55. The Hall–Kier alpha value is -0.370. The van der Waals surface area contributed by atoms with Gasteiger partial charge in [-0.05, 0) is 37.0 Å². The number of rotatable bonds is 6. The number of thioether (sulfide) groups is 1. The van der Waals surface area contributed by atoms with Crippen LogP contribution in [-0.4, -0.2) is 36.4 Å². The van der Waals surface area contributed by atoms with Crippen molar-refractivity contribution in [3.05, 3.63) is 17.7 Å². The second kappa shape index (κ2) is 6.53. The summed E-state index contributed by atoms with van der Waals surface area (Å²) in [5, 5.41) is 0.0272. The third-order valence-electron chi connectivity index (χ3n) is 2.02. The summed E-state index contributed by atoms with van der Waals surface area (Å²) in [7, 11) is -3.55. The zero-order valence-corrected chi connectivity index (χ0v) is 11.9. The minimum absolute atomic E-state index is 0.0258. The predicted octanol–water partition coefficient (Wildman–Crippen LogP) is 1.55. The molecule has 8 heteroatoms. The fraction of sp³-hybridized carbons (Fsp3) is 0.556. The highest BCUT2D eigenvalue weighted by Crippen LogP contribution is 2.09. The molecule has 0 radical (unpaired) electrons. The van der Waals surface area contributed by atoms with Gasteiger partial charge in [0.25, 0.3) is 0 Å². The van der Waals surface area contributed by atoms with E-state index in [-0.39, 0.29) is 16.2 Å². The molecule has 1 N–H and O–H groups in total. The smallest absolute Gasteiger partial charge is 0.225 e. The van der Waals surface area contributed by atoms with Crippen LogP contribution in [0, 0.1) is 0 Å². The van der Waals surface area contributed by atoms with E-state index in [0.717, 1.165) is 12.2 Å². The second-order valence-electron chi connectivity index (χ2n) is 3.49. The third kappa shape index (κ3) is 4.79. The van der Waals surface area contributed by atoms with Gasteiger partial charge >= 0.3 is 0 Å². The Balaban J connectivity index is 2.71. The van der Waals surface area contributed by atoms with Crippen LogP contribution in [0.5, 0.6) is 0 Å². The minimum Gasteiger partial charge on any atom is -0.225 e. The quantitative estimate of drug-likeness (QED) is 0.806. The number of aromatic nitrogens is 2. The van der Waals surface area contributed by atoms with Gasteiger partial charge in [-0.2, -0.15) is 11.8 Å². The number of nitrogens with one attached hydrogen (secondary N) is 1. The van der Waals surface area contributed by atoms with E-state index in [2.05, 4.69) is 14.7 Å². The summed E-state index contributed by atoms with van der Waals surface area (Å²) in [4.78, 5) is 7.32. The van der Waals surface area contributed by atoms with E-state index >= 15 is 0 Å². The fourth-order valence-electron chi connectivity index (χ4n) is 1.13. The molecular formula is C9H14ClN3O2S2. The average molecular weight is 296 g/mol. The van der Waals surface area contributed by atoms with Gasteiger partial charge in [-0.25, -0.2) is 23.1 Å². The largest absolute Gasteiger partial charge is 0.243 e. The lowest BCUT2D eigenvalue weighted by molar-refractivity contribution is 0.556. The molecule has 0 fully saturated rings. The molecular weight excluding hydrogens is 282 g/mol. The number of nitrogens with zero attached hydrogens (tertiary/aromatic N) is 2. The molecule has 1 rings (SSSR count). The molecule has 0 aliphatic rings. The van der Waals surface area contributed by atoms with Crippen molar-refractivity contribution in [3.8, 4) is 0 Å². The lowest BCUT2D eigenvalue weighted by atomic mass is 10.3. The van der Waals surface area contributed by atoms with Gasteiger partial charge < -0.3 is 0 Å². The Morgan fingerprint density at radius 1 is 1.47 bits per heavy atom. The lowest BCUT2D eigenvalue weighted by Crippen LogP contribution is -2.33. The molecule has 96 valence electrons. The normalized spacial score (nSPS) is 13.6. The summed E-state index contributed by atoms with van der Waals surface area (Å²) in [6.07, 6.45) is 5.14. The summed E-state index contributed by atoms with van der Waals surface area (Å²) in [5.41, 5.74) is 0. The summed E-state index contributed by atoms with van der Waals surface area (Å²) >= 11 is 7.17. The highest BCUT2D eigenvalue weighted by molar-refractivity contribution is 7.98. The van der Waals surface area contributed by atoms with Crippen molar-refractivity contribution in [2.45, 2.75) is 24.3 Å². The van der Waals surface area contributed by atoms with Crippen LogP contribution < -0.4 is 4.72 Å². The molecule has 1 aromatic heterocycles. The summed E-state index contributed by atoms with van der Waals surface area (Å²) in [6, 6.07) is -0.122. The first-order valence-electron chi connectivity index (χ1n) is 4.94. The van der Waals surface area contributed by atoms with Crippen LogP contribution in [-0.2, 0) is 10.0 Å². The van der Waals surface area contributed by atoms with Gasteiger partial charge in [0.1, 0.15) is 4.90 Å². The average Bonchev–Trinajstić information content (AvgIpc) is 2.26. The first-order chi connectivity index (χ1) is 7.95. The molecule has 17 heavy (non-hydrogen) atoms. The SMILES string of the molecule is CSCCC(C)NS(=O)(=O)c1cnc(Cl)nc1. The van der Waals surface area contributed by atoms with Crippen molar-refractivity contribution in [2.24, 2.45) is 0 Å². The lowest BCUT2D eigenvalue weighted by Gasteiger charge is -2.13. The molecule has 0 aromatic carbocycles. The van der Waals surface area contributed by atoms with Crippen molar-refractivity contribution >= 4 is 33.4 Å². The molecule has 0 spiro atoms. The van der Waals surface area contributed by atoms with Gasteiger partial charge in [-0.3, -0.25) is 0 Å². The van der Waals surface area contributed by atoms with Gasteiger partial charge in [0, 0.05) is 6.04 Å². The van der Waals surface area contributed by atoms with Gasteiger partial charge in [-0.1, -0.05) is 0 Å². The van der Waals surface area contributed by atoms with E-state index in [1.54, 1.807) is 11.8 Å². The number of hydrogen-bond acceptors (Lipinski definition) is 5. The van der Waals surface area contributed by atoms with Crippen LogP contribution in [0.15, 0.2) is 17.3 Å². The van der Waals surface area contributed by atoms with E-state index in [4.69, 9.17) is 11.6 Å². The number of hydrogen-bond donors (Lipinski definition) is 1. The Kier molecular flexibility index (Phi) is 5.64. The van der Waals surface area contributed by atoms with E-state index in [1.165, 1.54) is 12.4 Å². The van der Waals surface area contributed by atoms with Crippen LogP contribution in [0.4, 0.5) is 0 Å². The monoisotopic (exact) mass is 295 g/mol. The Labute approximate surface area is 110 Å². The van der Waals surface area contributed by atoms with Crippen molar-refractivity contribution in [1.29, 1.82) is 0 Å². The highest BCUT2D eigenvalue weighted by Gasteiger charge is 2.17. The van der Waals surface area contributed by atoms with E-state index < -0.39 is 10.0 Å². The summed E-state index contributed by atoms with van der Waals surface area (Å²) in [6.45, 7) is 1.82. The van der Waals surface area contributed by atoms with Crippen molar-refractivity contribution < 1.29 is 8.42 Å². The van der Waals surface area contributed by atoms with Crippen molar-refractivity contribution in [2.75, 3.05) is 12.0 Å². The van der Waals surface area contributed by atoms with E-state index in [1.807, 2.05) is 13.2 Å². The minimum atomic E-state index is -3.55. The topological polar surface area (TPSA) is 72.0 Å². The molecule has 0 bridgehead atoms. The first kappa shape index (κ1) is 14.7. The van der Waals surface area contributed by atoms with Crippen LogP contribution in [0.2, 0.25) is 5.28 Å². The van der Waals surface area contributed by atoms with E-state index in [0.29, 0.717) is 0 Å². The maximum Gasteiger partial charge on any atom is 0.243 e. The van der Waals surface area contributed by atoms with Crippen LogP contribution in [0.25, 0.3) is 0 Å². The highest BCUT2D eigenvalue weighted by atomic mass is 35.5. The van der Waals surface area contributed by atoms with Crippen LogP contribution in [0.1, 0.15) is 13.3 Å². The Bertz CT molecular complexity index is 450. The molecule has 1 atom stereocenters. The molecule has 5 nitrogen and oxygen atoms in total. The van der Waals surface area contributed by atoms with Gasteiger partial charge in [0.15, 0.2) is 0 Å². The standard InChI is InChI=1S/C9H14ClN3O2S2/c1-7(3-4-16-2)13-17(14,15)8-5-11-9(10)12-6-8/h5-7,13H,3-4H2,1-2H3. The molecule has 0 aliphatic carbocycles. The van der Waals surface area contributed by atoms with Crippen molar-refractivity contribution in [3.63, 3.8) is 0 Å².